The molecule has 0 saturated heterocycles. The van der Waals surface area contributed by atoms with Gasteiger partial charge in [-0.3, -0.25) is 4.79 Å². The van der Waals surface area contributed by atoms with Gasteiger partial charge >= 0.3 is 0 Å². The summed E-state index contributed by atoms with van der Waals surface area (Å²) in [4.78, 5) is 11.5. The fourth-order valence-corrected chi connectivity index (χ4v) is 1.12. The molecule has 2 nitrogen and oxygen atoms in total. The van der Waals surface area contributed by atoms with Gasteiger partial charge in [-0.1, -0.05) is 17.7 Å². The van der Waals surface area contributed by atoms with Crippen molar-refractivity contribution < 1.29 is 4.79 Å². The molecule has 1 N–H and O–H groups in total. The van der Waals surface area contributed by atoms with Crippen LogP contribution in [-0.2, 0) is 0 Å². The van der Waals surface area contributed by atoms with Crippen LogP contribution in [0.25, 0.3) is 0 Å². The number of nitrogens with one attached hydrogen (secondary N) is 1. The SMILES string of the molecule is Cc1ccc(C(=O)NCC(C)Cl)cc1. The van der Waals surface area contributed by atoms with Crippen molar-refractivity contribution in [2.24, 2.45) is 0 Å². The Kier molecular flexibility index (Phi) is 3.96. The van der Waals surface area contributed by atoms with Gasteiger partial charge in [0.2, 0.25) is 0 Å². The minimum Gasteiger partial charge on any atom is -0.351 e. The first-order chi connectivity index (χ1) is 6.59. The van der Waals surface area contributed by atoms with E-state index in [0.29, 0.717) is 12.1 Å². The van der Waals surface area contributed by atoms with Crippen molar-refractivity contribution in [1.82, 2.24) is 5.32 Å². The molecule has 76 valence electrons. The molecule has 0 aliphatic carbocycles. The Hall–Kier alpha value is -1.02. The number of carbonyl (C=O) groups excluding carboxylic acids is 1. The summed E-state index contributed by atoms with van der Waals surface area (Å²) in [5, 5.41) is 2.71. The molecule has 0 bridgehead atoms. The van der Waals surface area contributed by atoms with Gasteiger partial charge in [-0.05, 0) is 26.0 Å². The third-order valence-electron chi connectivity index (χ3n) is 1.86. The standard InChI is InChI=1S/C11H14ClNO/c1-8-3-5-10(6-4-8)11(14)13-7-9(2)12/h3-6,9H,7H2,1-2H3,(H,13,14). The number of amides is 1. The van der Waals surface area contributed by atoms with Crippen molar-refractivity contribution in [3.8, 4) is 0 Å². The second kappa shape index (κ2) is 5.01. The smallest absolute Gasteiger partial charge is 0.251 e. The summed E-state index contributed by atoms with van der Waals surface area (Å²) in [6.07, 6.45) is 0. The van der Waals surface area contributed by atoms with Crippen molar-refractivity contribution in [2.45, 2.75) is 19.2 Å². The molecule has 1 rings (SSSR count). The first-order valence-electron chi connectivity index (χ1n) is 4.58. The minimum atomic E-state index is -0.0718. The van der Waals surface area contributed by atoms with E-state index in [1.165, 1.54) is 0 Å². The van der Waals surface area contributed by atoms with Crippen LogP contribution in [0.1, 0.15) is 22.8 Å². The number of halogens is 1. The molecule has 0 spiro atoms. The van der Waals surface area contributed by atoms with Crippen LogP contribution in [0.3, 0.4) is 0 Å². The molecule has 1 atom stereocenters. The first-order valence-corrected chi connectivity index (χ1v) is 5.02. The molecule has 0 fully saturated rings. The van der Waals surface area contributed by atoms with Crippen LogP contribution in [0.15, 0.2) is 24.3 Å². The number of hydrogen-bond donors (Lipinski definition) is 1. The van der Waals surface area contributed by atoms with Gasteiger partial charge in [-0.25, -0.2) is 0 Å². The lowest BCUT2D eigenvalue weighted by Crippen LogP contribution is -2.28. The normalized spacial score (nSPS) is 12.2. The first kappa shape index (κ1) is 11.1. The molecule has 3 heteroatoms. The van der Waals surface area contributed by atoms with Gasteiger partial charge in [0.1, 0.15) is 0 Å². The lowest BCUT2D eigenvalue weighted by molar-refractivity contribution is 0.0954. The van der Waals surface area contributed by atoms with E-state index in [-0.39, 0.29) is 11.3 Å². The topological polar surface area (TPSA) is 29.1 Å². The van der Waals surface area contributed by atoms with E-state index in [0.717, 1.165) is 5.56 Å². The largest absolute Gasteiger partial charge is 0.351 e. The van der Waals surface area contributed by atoms with Crippen LogP contribution in [0, 0.1) is 6.92 Å². The second-order valence-electron chi connectivity index (χ2n) is 3.36. The Bertz CT molecular complexity index is 306. The van der Waals surface area contributed by atoms with Crippen molar-refractivity contribution in [1.29, 1.82) is 0 Å². The Morgan fingerprint density at radius 2 is 2.00 bits per heavy atom. The Labute approximate surface area is 89.3 Å². The van der Waals surface area contributed by atoms with Crippen LogP contribution < -0.4 is 5.32 Å². The Morgan fingerprint density at radius 3 is 2.50 bits per heavy atom. The molecule has 0 saturated carbocycles. The van der Waals surface area contributed by atoms with Gasteiger partial charge in [-0.2, -0.15) is 0 Å². The summed E-state index contributed by atoms with van der Waals surface area (Å²) >= 11 is 5.72. The second-order valence-corrected chi connectivity index (χ2v) is 4.10. The highest BCUT2D eigenvalue weighted by Gasteiger charge is 2.05. The lowest BCUT2D eigenvalue weighted by atomic mass is 10.1. The van der Waals surface area contributed by atoms with Crippen LogP contribution in [0.5, 0.6) is 0 Å². The molecule has 14 heavy (non-hydrogen) atoms. The third-order valence-corrected chi connectivity index (χ3v) is 2.01. The molecule has 0 aromatic heterocycles. The van der Waals surface area contributed by atoms with E-state index in [9.17, 15) is 4.79 Å². The van der Waals surface area contributed by atoms with Crippen LogP contribution in [-0.4, -0.2) is 17.8 Å². The quantitative estimate of drug-likeness (QED) is 0.765. The van der Waals surface area contributed by atoms with E-state index in [4.69, 9.17) is 11.6 Å². The maximum Gasteiger partial charge on any atom is 0.251 e. The molecule has 0 radical (unpaired) electrons. The average molecular weight is 212 g/mol. The van der Waals surface area contributed by atoms with Crippen LogP contribution in [0.2, 0.25) is 0 Å². The predicted molar refractivity (Wildman–Crippen MR) is 58.8 cm³/mol. The maximum absolute atomic E-state index is 11.5. The van der Waals surface area contributed by atoms with Crippen LogP contribution >= 0.6 is 11.6 Å². The van der Waals surface area contributed by atoms with Gasteiger partial charge in [-0.15, -0.1) is 11.6 Å². The predicted octanol–water partition coefficient (Wildman–Crippen LogP) is 2.35. The fraction of sp³-hybridized carbons (Fsp3) is 0.364. The zero-order valence-corrected chi connectivity index (χ0v) is 9.14. The van der Waals surface area contributed by atoms with Crippen molar-refractivity contribution in [3.63, 3.8) is 0 Å². The van der Waals surface area contributed by atoms with Gasteiger partial charge in [0.05, 0.1) is 0 Å². The lowest BCUT2D eigenvalue weighted by Gasteiger charge is -2.06. The molecule has 1 aromatic carbocycles. The van der Waals surface area contributed by atoms with Crippen molar-refractivity contribution >= 4 is 17.5 Å². The Balaban J connectivity index is 2.57. The Morgan fingerprint density at radius 1 is 1.43 bits per heavy atom. The third kappa shape index (κ3) is 3.38. The molecule has 0 aliphatic heterocycles. The summed E-state index contributed by atoms with van der Waals surface area (Å²) in [6.45, 7) is 4.33. The molecule has 1 aromatic rings. The molecule has 1 amide bonds. The monoisotopic (exact) mass is 211 g/mol. The number of rotatable bonds is 3. The number of alkyl halides is 1. The van der Waals surface area contributed by atoms with Crippen molar-refractivity contribution in [3.05, 3.63) is 35.4 Å². The van der Waals surface area contributed by atoms with E-state index in [1.54, 1.807) is 0 Å². The van der Waals surface area contributed by atoms with Crippen LogP contribution in [0.4, 0.5) is 0 Å². The van der Waals surface area contributed by atoms with E-state index in [2.05, 4.69) is 5.32 Å². The summed E-state index contributed by atoms with van der Waals surface area (Å²) in [5.74, 6) is -0.0718. The van der Waals surface area contributed by atoms with E-state index < -0.39 is 0 Å². The van der Waals surface area contributed by atoms with Gasteiger partial charge < -0.3 is 5.32 Å². The van der Waals surface area contributed by atoms with Gasteiger partial charge in [0.25, 0.3) is 5.91 Å². The summed E-state index contributed by atoms with van der Waals surface area (Å²) in [6, 6.07) is 7.45. The summed E-state index contributed by atoms with van der Waals surface area (Å²) < 4.78 is 0. The zero-order chi connectivity index (χ0) is 10.6. The minimum absolute atomic E-state index is 0.0376. The van der Waals surface area contributed by atoms with E-state index in [1.807, 2.05) is 38.1 Å². The molecular weight excluding hydrogens is 198 g/mol. The maximum atomic E-state index is 11.5. The highest BCUT2D eigenvalue weighted by atomic mass is 35.5. The van der Waals surface area contributed by atoms with Crippen molar-refractivity contribution in [2.75, 3.05) is 6.54 Å². The van der Waals surface area contributed by atoms with E-state index >= 15 is 0 Å². The molecule has 0 aliphatic rings. The zero-order valence-electron chi connectivity index (χ0n) is 8.38. The van der Waals surface area contributed by atoms with Gasteiger partial charge in [0.15, 0.2) is 0 Å². The summed E-state index contributed by atoms with van der Waals surface area (Å²) in [7, 11) is 0. The number of aryl methyl sites for hydroxylation is 1. The molecule has 0 heterocycles. The number of carbonyl (C=O) groups is 1. The highest BCUT2D eigenvalue weighted by molar-refractivity contribution is 6.20. The van der Waals surface area contributed by atoms with Gasteiger partial charge in [0, 0.05) is 17.5 Å². The highest BCUT2D eigenvalue weighted by Crippen LogP contribution is 2.02. The molecule has 1 unspecified atom stereocenters. The number of hydrogen-bond acceptors (Lipinski definition) is 1. The fourth-order valence-electron chi connectivity index (χ4n) is 1.04. The number of benzene rings is 1. The molecular formula is C11H14ClNO. The summed E-state index contributed by atoms with van der Waals surface area (Å²) in [5.41, 5.74) is 1.82. The average Bonchev–Trinajstić information content (AvgIpc) is 2.15.